The Labute approximate surface area is 171 Å². The molecule has 0 unspecified atom stereocenters. The van der Waals surface area contributed by atoms with Crippen molar-refractivity contribution in [1.29, 1.82) is 0 Å². The Bertz CT molecular complexity index is 924. The van der Waals surface area contributed by atoms with Crippen molar-refractivity contribution >= 4 is 33.2 Å². The maximum atomic E-state index is 12.6. The van der Waals surface area contributed by atoms with E-state index in [4.69, 9.17) is 11.6 Å². The first-order valence-corrected chi connectivity index (χ1v) is 11.2. The molecule has 2 aromatic rings. The SMILES string of the molecule is Cc1cccc(C(=O)NCCS(=O)(=O)N2CCN(c3ccc(Cl)cc3)CC2)c1. The van der Waals surface area contributed by atoms with Gasteiger partial charge in [-0.2, -0.15) is 4.31 Å². The third-order valence-electron chi connectivity index (χ3n) is 4.75. The molecule has 28 heavy (non-hydrogen) atoms. The van der Waals surface area contributed by atoms with Gasteiger partial charge in [0.1, 0.15) is 0 Å². The fourth-order valence-corrected chi connectivity index (χ4v) is 4.65. The molecule has 1 fully saturated rings. The summed E-state index contributed by atoms with van der Waals surface area (Å²) in [5, 5.41) is 3.37. The largest absolute Gasteiger partial charge is 0.369 e. The molecule has 0 spiro atoms. The number of hydrogen-bond acceptors (Lipinski definition) is 4. The smallest absolute Gasteiger partial charge is 0.251 e. The molecule has 1 N–H and O–H groups in total. The lowest BCUT2D eigenvalue weighted by molar-refractivity contribution is 0.0956. The van der Waals surface area contributed by atoms with Crippen LogP contribution in [0.4, 0.5) is 5.69 Å². The van der Waals surface area contributed by atoms with Gasteiger partial charge >= 0.3 is 0 Å². The Hall–Kier alpha value is -2.09. The van der Waals surface area contributed by atoms with Crippen molar-refractivity contribution in [3.63, 3.8) is 0 Å². The topological polar surface area (TPSA) is 69.7 Å². The summed E-state index contributed by atoms with van der Waals surface area (Å²) >= 11 is 5.92. The Balaban J connectivity index is 1.49. The highest BCUT2D eigenvalue weighted by atomic mass is 35.5. The van der Waals surface area contributed by atoms with Crippen molar-refractivity contribution in [3.05, 3.63) is 64.7 Å². The molecule has 0 radical (unpaired) electrons. The fraction of sp³-hybridized carbons (Fsp3) is 0.350. The van der Waals surface area contributed by atoms with Crippen LogP contribution in [-0.4, -0.2) is 57.1 Å². The van der Waals surface area contributed by atoms with Crippen LogP contribution >= 0.6 is 11.6 Å². The van der Waals surface area contributed by atoms with E-state index in [0.29, 0.717) is 36.8 Å². The summed E-state index contributed by atoms with van der Waals surface area (Å²) in [6.07, 6.45) is 0. The fourth-order valence-electron chi connectivity index (χ4n) is 3.19. The standard InChI is InChI=1S/C20H24ClN3O3S/c1-16-3-2-4-17(15-16)20(25)22-9-14-28(26,27)24-12-10-23(11-13-24)19-7-5-18(21)6-8-19/h2-8,15H,9-14H2,1H3,(H,22,25). The normalized spacial score (nSPS) is 15.4. The highest BCUT2D eigenvalue weighted by molar-refractivity contribution is 7.89. The molecular formula is C20H24ClN3O3S. The van der Waals surface area contributed by atoms with Crippen molar-refractivity contribution in [2.45, 2.75) is 6.92 Å². The van der Waals surface area contributed by atoms with Crippen molar-refractivity contribution in [2.24, 2.45) is 0 Å². The van der Waals surface area contributed by atoms with Crippen molar-refractivity contribution < 1.29 is 13.2 Å². The van der Waals surface area contributed by atoms with Gasteiger partial charge in [-0.3, -0.25) is 4.79 Å². The van der Waals surface area contributed by atoms with Gasteiger partial charge in [0, 0.05) is 49.0 Å². The van der Waals surface area contributed by atoms with Crippen LogP contribution in [0.1, 0.15) is 15.9 Å². The van der Waals surface area contributed by atoms with Crippen LogP contribution in [0.2, 0.25) is 5.02 Å². The average Bonchev–Trinajstić information content (AvgIpc) is 2.68. The highest BCUT2D eigenvalue weighted by Crippen LogP contribution is 2.20. The number of anilines is 1. The summed E-state index contributed by atoms with van der Waals surface area (Å²) < 4.78 is 26.7. The number of hydrogen-bond donors (Lipinski definition) is 1. The summed E-state index contributed by atoms with van der Waals surface area (Å²) in [5.41, 5.74) is 2.56. The number of amides is 1. The van der Waals surface area contributed by atoms with Crippen molar-refractivity contribution in [1.82, 2.24) is 9.62 Å². The van der Waals surface area contributed by atoms with E-state index in [1.165, 1.54) is 4.31 Å². The molecule has 0 aliphatic carbocycles. The Morgan fingerprint density at radius 3 is 2.39 bits per heavy atom. The van der Waals surface area contributed by atoms with Crippen LogP contribution in [0, 0.1) is 6.92 Å². The first-order valence-electron chi connectivity index (χ1n) is 9.18. The maximum Gasteiger partial charge on any atom is 0.251 e. The molecule has 1 aliphatic rings. The van der Waals surface area contributed by atoms with Crippen molar-refractivity contribution in [3.8, 4) is 0 Å². The average molecular weight is 422 g/mol. The molecule has 1 saturated heterocycles. The van der Waals surface area contributed by atoms with E-state index in [-0.39, 0.29) is 18.2 Å². The number of piperazine rings is 1. The third kappa shape index (κ3) is 5.25. The quantitative estimate of drug-likeness (QED) is 0.778. The lowest BCUT2D eigenvalue weighted by Crippen LogP contribution is -2.50. The molecule has 0 bridgehead atoms. The summed E-state index contributed by atoms with van der Waals surface area (Å²) in [6.45, 7) is 4.10. The molecule has 150 valence electrons. The number of nitrogens with one attached hydrogen (secondary N) is 1. The predicted octanol–water partition coefficient (Wildman–Crippen LogP) is 2.53. The number of carbonyl (C=O) groups is 1. The van der Waals surface area contributed by atoms with Gasteiger partial charge in [0.2, 0.25) is 10.0 Å². The highest BCUT2D eigenvalue weighted by Gasteiger charge is 2.26. The molecule has 0 saturated carbocycles. The summed E-state index contributed by atoms with van der Waals surface area (Å²) in [6, 6.07) is 14.7. The van der Waals surface area contributed by atoms with E-state index in [1.807, 2.05) is 37.3 Å². The molecule has 0 aromatic heterocycles. The monoisotopic (exact) mass is 421 g/mol. The van der Waals surface area contributed by atoms with Crippen LogP contribution in [0.25, 0.3) is 0 Å². The zero-order valence-electron chi connectivity index (χ0n) is 15.8. The van der Waals surface area contributed by atoms with E-state index >= 15 is 0 Å². The molecular weight excluding hydrogens is 398 g/mol. The van der Waals surface area contributed by atoms with Gasteiger partial charge in [-0.05, 0) is 43.3 Å². The Kier molecular flexibility index (Phi) is 6.59. The first kappa shape index (κ1) is 20.6. The van der Waals surface area contributed by atoms with Gasteiger partial charge in [-0.15, -0.1) is 0 Å². The van der Waals surface area contributed by atoms with Crippen LogP contribution in [0.3, 0.4) is 0 Å². The van der Waals surface area contributed by atoms with E-state index in [2.05, 4.69) is 10.2 Å². The number of carbonyl (C=O) groups excluding carboxylic acids is 1. The molecule has 1 aliphatic heterocycles. The van der Waals surface area contributed by atoms with Crippen LogP contribution in [0.5, 0.6) is 0 Å². The Morgan fingerprint density at radius 2 is 1.75 bits per heavy atom. The van der Waals surface area contributed by atoms with Gasteiger partial charge in [0.25, 0.3) is 5.91 Å². The maximum absolute atomic E-state index is 12.6. The molecule has 1 heterocycles. The number of nitrogens with zero attached hydrogens (tertiary/aromatic N) is 2. The van der Waals surface area contributed by atoms with E-state index in [1.54, 1.807) is 18.2 Å². The number of sulfonamides is 1. The minimum absolute atomic E-state index is 0.0898. The van der Waals surface area contributed by atoms with E-state index in [0.717, 1.165) is 11.3 Å². The molecule has 1 amide bonds. The molecule has 0 atom stereocenters. The molecule has 2 aromatic carbocycles. The second-order valence-corrected chi connectivity index (χ2v) is 9.33. The molecule has 3 rings (SSSR count). The second kappa shape index (κ2) is 8.94. The van der Waals surface area contributed by atoms with Gasteiger partial charge in [-0.25, -0.2) is 8.42 Å². The van der Waals surface area contributed by atoms with Crippen LogP contribution in [-0.2, 0) is 10.0 Å². The lowest BCUT2D eigenvalue weighted by atomic mass is 10.1. The van der Waals surface area contributed by atoms with Gasteiger partial charge in [-0.1, -0.05) is 29.3 Å². The number of halogens is 1. The zero-order chi connectivity index (χ0) is 20.1. The number of aryl methyl sites for hydroxylation is 1. The summed E-state index contributed by atoms with van der Waals surface area (Å²) in [5.74, 6) is -0.364. The van der Waals surface area contributed by atoms with Gasteiger partial charge < -0.3 is 10.2 Å². The summed E-state index contributed by atoms with van der Waals surface area (Å²) in [4.78, 5) is 14.3. The number of rotatable bonds is 6. The van der Waals surface area contributed by atoms with Gasteiger partial charge in [0.05, 0.1) is 5.75 Å². The third-order valence-corrected chi connectivity index (χ3v) is 6.87. The second-order valence-electron chi connectivity index (χ2n) is 6.80. The van der Waals surface area contributed by atoms with Crippen LogP contribution in [0.15, 0.2) is 48.5 Å². The van der Waals surface area contributed by atoms with Crippen molar-refractivity contribution in [2.75, 3.05) is 43.4 Å². The zero-order valence-corrected chi connectivity index (χ0v) is 17.3. The van der Waals surface area contributed by atoms with E-state index in [9.17, 15) is 13.2 Å². The first-order chi connectivity index (χ1) is 13.3. The number of benzene rings is 2. The molecule has 8 heteroatoms. The molecule has 6 nitrogen and oxygen atoms in total. The van der Waals surface area contributed by atoms with Crippen LogP contribution < -0.4 is 10.2 Å². The Morgan fingerprint density at radius 1 is 1.07 bits per heavy atom. The minimum Gasteiger partial charge on any atom is -0.369 e. The van der Waals surface area contributed by atoms with E-state index < -0.39 is 10.0 Å². The summed E-state index contributed by atoms with van der Waals surface area (Å²) in [7, 11) is -3.41. The van der Waals surface area contributed by atoms with Gasteiger partial charge in [0.15, 0.2) is 0 Å². The lowest BCUT2D eigenvalue weighted by Gasteiger charge is -2.35. The predicted molar refractivity (Wildman–Crippen MR) is 113 cm³/mol. The minimum atomic E-state index is -3.41.